The second-order valence-corrected chi connectivity index (χ2v) is 4.06. The van der Waals surface area contributed by atoms with Crippen molar-refractivity contribution in [1.29, 1.82) is 0 Å². The summed E-state index contributed by atoms with van der Waals surface area (Å²) in [4.78, 5) is 1.53. The lowest BCUT2D eigenvalue weighted by Gasteiger charge is -2.28. The van der Waals surface area contributed by atoms with Crippen LogP contribution in [0.25, 0.3) is 0 Å². The summed E-state index contributed by atoms with van der Waals surface area (Å²) < 4.78 is 11.1. The molecule has 0 amide bonds. The molecule has 0 aromatic carbocycles. The number of aryl methyl sites for hydroxylation is 1. The van der Waals surface area contributed by atoms with E-state index in [1.54, 1.807) is 0 Å². The maximum absolute atomic E-state index is 5.69. The Morgan fingerprint density at radius 3 is 2.67 bits per heavy atom. The van der Waals surface area contributed by atoms with Crippen molar-refractivity contribution in [3.05, 3.63) is 23.7 Å². The fraction of sp³-hybridized carbons (Fsp3) is 0.636. The molecular formula is C11H20N2O2+2. The summed E-state index contributed by atoms with van der Waals surface area (Å²) in [6, 6.07) is 4.49. The summed E-state index contributed by atoms with van der Waals surface area (Å²) in [7, 11) is 0. The Morgan fingerprint density at radius 2 is 2.13 bits per heavy atom. The van der Waals surface area contributed by atoms with E-state index >= 15 is 0 Å². The molecule has 1 aliphatic rings. The lowest BCUT2D eigenvalue weighted by molar-refractivity contribution is -0.945. The lowest BCUT2D eigenvalue weighted by atomic mass is 10.2. The van der Waals surface area contributed by atoms with Crippen LogP contribution in [0, 0.1) is 6.92 Å². The lowest BCUT2D eigenvalue weighted by Crippen LogP contribution is -3.15. The number of morpholine rings is 1. The van der Waals surface area contributed by atoms with Crippen molar-refractivity contribution in [1.82, 2.24) is 0 Å². The van der Waals surface area contributed by atoms with Gasteiger partial charge in [-0.25, -0.2) is 0 Å². The van der Waals surface area contributed by atoms with Gasteiger partial charge in [0.1, 0.15) is 25.4 Å². The van der Waals surface area contributed by atoms with E-state index in [-0.39, 0.29) is 0 Å². The van der Waals surface area contributed by atoms with E-state index in [9.17, 15) is 0 Å². The highest BCUT2D eigenvalue weighted by atomic mass is 16.5. The van der Waals surface area contributed by atoms with Gasteiger partial charge in [-0.3, -0.25) is 0 Å². The van der Waals surface area contributed by atoms with Crippen LogP contribution in [0.15, 0.2) is 16.5 Å². The van der Waals surface area contributed by atoms with E-state index in [0.29, 0.717) is 6.04 Å². The highest BCUT2D eigenvalue weighted by molar-refractivity contribution is 5.07. The van der Waals surface area contributed by atoms with Crippen LogP contribution in [0.2, 0.25) is 0 Å². The first-order valence-electron chi connectivity index (χ1n) is 5.59. The zero-order valence-corrected chi connectivity index (χ0v) is 9.29. The van der Waals surface area contributed by atoms with Gasteiger partial charge >= 0.3 is 0 Å². The average molecular weight is 212 g/mol. The molecule has 0 radical (unpaired) electrons. The van der Waals surface area contributed by atoms with E-state index in [2.05, 4.69) is 11.8 Å². The van der Waals surface area contributed by atoms with Gasteiger partial charge in [0.15, 0.2) is 11.8 Å². The van der Waals surface area contributed by atoms with Gasteiger partial charge in [-0.05, 0) is 19.1 Å². The van der Waals surface area contributed by atoms with Gasteiger partial charge in [-0.1, -0.05) is 0 Å². The summed E-state index contributed by atoms with van der Waals surface area (Å²) in [5.41, 5.74) is 4.03. The molecule has 1 aliphatic heterocycles. The van der Waals surface area contributed by atoms with Crippen LogP contribution in [0.1, 0.15) is 17.6 Å². The standard InChI is InChI=1S/C11H18N2O2/c1-9-2-3-11(15-9)10(8-12)13-4-6-14-7-5-13/h2-3,10H,4-8,12H2,1H3/p+2/t10-/m1/s1. The van der Waals surface area contributed by atoms with Crippen LogP contribution in [0.4, 0.5) is 0 Å². The third-order valence-corrected chi connectivity index (χ3v) is 3.02. The summed E-state index contributed by atoms with van der Waals surface area (Å²) in [5, 5.41) is 0. The third kappa shape index (κ3) is 2.40. The molecule has 0 saturated carbocycles. The quantitative estimate of drug-likeness (QED) is 0.660. The van der Waals surface area contributed by atoms with Crippen molar-refractivity contribution in [2.75, 3.05) is 32.8 Å². The van der Waals surface area contributed by atoms with Crippen molar-refractivity contribution in [2.24, 2.45) is 0 Å². The predicted molar refractivity (Wildman–Crippen MR) is 55.5 cm³/mol. The van der Waals surface area contributed by atoms with Crippen molar-refractivity contribution in [3.63, 3.8) is 0 Å². The molecule has 4 N–H and O–H groups in total. The second-order valence-electron chi connectivity index (χ2n) is 4.06. The molecule has 1 aromatic heterocycles. The van der Waals surface area contributed by atoms with Crippen LogP contribution in [0.5, 0.6) is 0 Å². The minimum absolute atomic E-state index is 0.391. The Bertz CT molecular complexity index is 305. The molecule has 0 aliphatic carbocycles. The average Bonchev–Trinajstić information content (AvgIpc) is 2.68. The summed E-state index contributed by atoms with van der Waals surface area (Å²) in [6.45, 7) is 6.68. The van der Waals surface area contributed by atoms with E-state index in [1.165, 1.54) is 4.90 Å². The minimum atomic E-state index is 0.391. The van der Waals surface area contributed by atoms with Gasteiger partial charge in [0.25, 0.3) is 0 Å². The smallest absolute Gasteiger partial charge is 0.195 e. The Kier molecular flexibility index (Phi) is 3.41. The molecule has 1 atom stereocenters. The first-order chi connectivity index (χ1) is 7.31. The molecule has 0 spiro atoms. The van der Waals surface area contributed by atoms with Gasteiger partial charge in [0, 0.05) is 0 Å². The molecule has 0 unspecified atom stereocenters. The van der Waals surface area contributed by atoms with E-state index in [1.807, 2.05) is 13.0 Å². The van der Waals surface area contributed by atoms with E-state index in [4.69, 9.17) is 9.15 Å². The molecule has 2 rings (SSSR count). The van der Waals surface area contributed by atoms with Crippen molar-refractivity contribution < 1.29 is 19.8 Å². The molecule has 15 heavy (non-hydrogen) atoms. The number of hydrogen-bond acceptors (Lipinski definition) is 2. The molecule has 1 fully saturated rings. The van der Waals surface area contributed by atoms with Gasteiger partial charge in [0.05, 0.1) is 13.2 Å². The Balaban J connectivity index is 2.08. The van der Waals surface area contributed by atoms with E-state index < -0.39 is 0 Å². The fourth-order valence-electron chi connectivity index (χ4n) is 2.17. The second kappa shape index (κ2) is 4.79. The zero-order chi connectivity index (χ0) is 10.7. The van der Waals surface area contributed by atoms with Gasteiger partial charge in [-0.2, -0.15) is 0 Å². The predicted octanol–water partition coefficient (Wildman–Crippen LogP) is -1.21. The third-order valence-electron chi connectivity index (χ3n) is 3.02. The molecular weight excluding hydrogens is 192 g/mol. The Hall–Kier alpha value is -0.840. The Labute approximate surface area is 90.0 Å². The van der Waals surface area contributed by atoms with Crippen LogP contribution < -0.4 is 10.6 Å². The van der Waals surface area contributed by atoms with Gasteiger partial charge in [-0.15, -0.1) is 0 Å². The maximum Gasteiger partial charge on any atom is 0.195 e. The Morgan fingerprint density at radius 1 is 1.40 bits per heavy atom. The zero-order valence-electron chi connectivity index (χ0n) is 9.29. The molecule has 84 valence electrons. The summed E-state index contributed by atoms with van der Waals surface area (Å²) >= 11 is 0. The number of ether oxygens (including phenoxy) is 1. The SMILES string of the molecule is Cc1ccc([C@@H](C[NH3+])[NH+]2CCOCC2)o1. The van der Waals surface area contributed by atoms with Gasteiger partial charge < -0.3 is 19.8 Å². The number of rotatable bonds is 3. The van der Waals surface area contributed by atoms with Crippen LogP contribution in [0.3, 0.4) is 0 Å². The number of quaternary nitrogens is 2. The maximum atomic E-state index is 5.69. The van der Waals surface area contributed by atoms with Crippen LogP contribution in [-0.4, -0.2) is 32.8 Å². The minimum Gasteiger partial charge on any atom is -0.460 e. The van der Waals surface area contributed by atoms with Crippen LogP contribution >= 0.6 is 0 Å². The summed E-state index contributed by atoms with van der Waals surface area (Å²) in [5.74, 6) is 2.05. The van der Waals surface area contributed by atoms with Crippen molar-refractivity contribution in [3.8, 4) is 0 Å². The van der Waals surface area contributed by atoms with Gasteiger partial charge in [0.2, 0.25) is 0 Å². The van der Waals surface area contributed by atoms with E-state index in [0.717, 1.165) is 44.4 Å². The molecule has 4 heteroatoms. The van der Waals surface area contributed by atoms with Crippen LogP contribution in [-0.2, 0) is 4.74 Å². The molecule has 1 aromatic rings. The first kappa shape index (κ1) is 10.7. The monoisotopic (exact) mass is 212 g/mol. The molecule has 4 nitrogen and oxygen atoms in total. The first-order valence-corrected chi connectivity index (χ1v) is 5.59. The highest BCUT2D eigenvalue weighted by Gasteiger charge is 2.28. The molecule has 1 saturated heterocycles. The fourth-order valence-corrected chi connectivity index (χ4v) is 2.17. The number of furan rings is 1. The topological polar surface area (TPSA) is 54.5 Å². The van der Waals surface area contributed by atoms with Crippen molar-refractivity contribution >= 4 is 0 Å². The van der Waals surface area contributed by atoms with Crippen molar-refractivity contribution in [2.45, 2.75) is 13.0 Å². The normalized spacial score (nSPS) is 20.4. The largest absolute Gasteiger partial charge is 0.460 e. The molecule has 0 bridgehead atoms. The number of nitrogens with one attached hydrogen (secondary N) is 1. The number of hydrogen-bond donors (Lipinski definition) is 2. The summed E-state index contributed by atoms with van der Waals surface area (Å²) in [6.07, 6.45) is 0. The highest BCUT2D eigenvalue weighted by Crippen LogP contribution is 2.12. The molecule has 2 heterocycles.